The molecule has 2 rings (SSSR count). The second-order valence-electron chi connectivity index (χ2n) is 2.57. The van der Waals surface area contributed by atoms with Crippen LogP contribution in [0.2, 0.25) is 0 Å². The fraction of sp³-hybridized carbons (Fsp3) is 0.111. The molecule has 4 heteroatoms. The number of halogens is 1. The Morgan fingerprint density at radius 2 is 2.08 bits per heavy atom. The molecule has 0 aromatic heterocycles. The van der Waals surface area contributed by atoms with Gasteiger partial charge in [-0.15, -0.1) is 12.4 Å². The van der Waals surface area contributed by atoms with Crippen molar-refractivity contribution in [2.24, 2.45) is 0 Å². The number of para-hydroxylation sites is 1. The van der Waals surface area contributed by atoms with Crippen molar-refractivity contribution < 1.29 is 9.76 Å². The van der Waals surface area contributed by atoms with Crippen LogP contribution in [0.3, 0.4) is 0 Å². The summed E-state index contributed by atoms with van der Waals surface area (Å²) in [4.78, 5) is 16.3. The summed E-state index contributed by atoms with van der Waals surface area (Å²) < 4.78 is 0. The molecule has 0 N–H and O–H groups in total. The lowest BCUT2D eigenvalue weighted by Gasteiger charge is -1.96. The van der Waals surface area contributed by atoms with Gasteiger partial charge in [0, 0.05) is 12.0 Å². The normalized spacial score (nSPS) is 13.7. The van der Waals surface area contributed by atoms with E-state index in [2.05, 4.69) is 0 Å². The lowest BCUT2D eigenvalue weighted by Crippen LogP contribution is -2.03. The first kappa shape index (κ1) is 9.74. The Morgan fingerprint density at radius 1 is 1.31 bits per heavy atom. The Kier molecular flexibility index (Phi) is 3.03. The highest BCUT2D eigenvalue weighted by molar-refractivity contribution is 5.85. The lowest BCUT2D eigenvalue weighted by atomic mass is 10.1. The van der Waals surface area contributed by atoms with E-state index in [9.17, 15) is 4.91 Å². The fourth-order valence-electron chi connectivity index (χ4n) is 1.15. The first-order valence-corrected chi connectivity index (χ1v) is 3.75. The predicted molar refractivity (Wildman–Crippen MR) is 50.8 cm³/mol. The maximum atomic E-state index is 10.9. The van der Waals surface area contributed by atoms with E-state index in [-0.39, 0.29) is 12.4 Å². The molecule has 1 aromatic rings. The van der Waals surface area contributed by atoms with Gasteiger partial charge in [-0.2, -0.15) is 4.84 Å². The average Bonchev–Trinajstić information content (AvgIpc) is 2.25. The molecule has 0 unspecified atom stereocenters. The molecule has 0 fully saturated rings. The number of rotatable bonds is 0. The van der Waals surface area contributed by atoms with E-state index in [4.69, 9.17) is 4.84 Å². The number of hydrogen-bond acceptors (Lipinski definition) is 2. The van der Waals surface area contributed by atoms with Gasteiger partial charge >= 0.3 is 0 Å². The predicted octanol–water partition coefficient (Wildman–Crippen LogP) is 2.25. The van der Waals surface area contributed by atoms with Crippen molar-refractivity contribution in [3.8, 4) is 5.75 Å². The summed E-state index contributed by atoms with van der Waals surface area (Å²) in [5.74, 6) is 0.637. The molecule has 1 heterocycles. The lowest BCUT2D eigenvalue weighted by molar-refractivity contribution is -0.709. The van der Waals surface area contributed by atoms with Gasteiger partial charge in [-0.1, -0.05) is 18.2 Å². The number of hydrogen-bond donors (Lipinski definition) is 0. The van der Waals surface area contributed by atoms with Gasteiger partial charge < -0.3 is 0 Å². The average molecular weight is 199 g/mol. The molecular weight excluding hydrogens is 190 g/mol. The van der Waals surface area contributed by atoms with Crippen LogP contribution in [0, 0.1) is 4.91 Å². The number of allylic oxidation sites excluding steroid dienone is 1. The first-order chi connectivity index (χ1) is 5.86. The van der Waals surface area contributed by atoms with Gasteiger partial charge in [-0.3, -0.25) is 0 Å². The summed E-state index contributed by atoms with van der Waals surface area (Å²) in [7, 11) is 0. The minimum atomic E-state index is 0. The Hall–Kier alpha value is -1.35. The van der Waals surface area contributed by atoms with Gasteiger partial charge in [0.1, 0.15) is 0 Å². The Labute approximate surface area is 82.0 Å². The van der Waals surface area contributed by atoms with Crippen LogP contribution in [-0.2, 0) is 6.42 Å². The van der Waals surface area contributed by atoms with E-state index < -0.39 is 0 Å². The van der Waals surface area contributed by atoms with Gasteiger partial charge in [0.05, 0.1) is 4.91 Å². The second kappa shape index (κ2) is 4.05. The molecule has 0 aliphatic carbocycles. The monoisotopic (exact) mass is 198 g/mol. The van der Waals surface area contributed by atoms with Crippen molar-refractivity contribution in [3.63, 3.8) is 0 Å². The van der Waals surface area contributed by atoms with Crippen molar-refractivity contribution in [3.05, 3.63) is 47.0 Å². The maximum absolute atomic E-state index is 10.9. The molecule has 1 aromatic carbocycles. The Bertz CT molecular complexity index is 349. The molecule has 13 heavy (non-hydrogen) atoms. The van der Waals surface area contributed by atoms with Crippen molar-refractivity contribution in [1.29, 1.82) is 0 Å². The molecule has 0 radical (unpaired) electrons. The van der Waals surface area contributed by atoms with Crippen LogP contribution >= 0.6 is 12.4 Å². The fourth-order valence-corrected chi connectivity index (χ4v) is 1.15. The van der Waals surface area contributed by atoms with Gasteiger partial charge in [0.2, 0.25) is 5.75 Å². The summed E-state index contributed by atoms with van der Waals surface area (Å²) in [6.07, 6.45) is 3.90. The molecule has 1 aliphatic rings. The van der Waals surface area contributed by atoms with Crippen LogP contribution in [0.5, 0.6) is 5.75 Å². The van der Waals surface area contributed by atoms with E-state index in [0.717, 1.165) is 12.0 Å². The maximum Gasteiger partial charge on any atom is 0.278 e. The van der Waals surface area contributed by atoms with E-state index in [1.165, 1.54) is 6.20 Å². The molecule has 0 saturated heterocycles. The van der Waals surface area contributed by atoms with Gasteiger partial charge in [-0.05, 0) is 12.1 Å². The minimum absolute atomic E-state index is 0. The van der Waals surface area contributed by atoms with E-state index >= 15 is 0 Å². The van der Waals surface area contributed by atoms with Gasteiger partial charge in [0.25, 0.3) is 11.1 Å². The third-order valence-electron chi connectivity index (χ3n) is 1.73. The molecule has 0 amide bonds. The van der Waals surface area contributed by atoms with E-state index in [0.29, 0.717) is 10.7 Å². The highest BCUT2D eigenvalue weighted by Crippen LogP contribution is 2.20. The second-order valence-corrected chi connectivity index (χ2v) is 2.57. The van der Waals surface area contributed by atoms with Crippen molar-refractivity contribution in [2.45, 2.75) is 6.42 Å². The Morgan fingerprint density at radius 3 is 2.92 bits per heavy atom. The Balaban J connectivity index is 0.000000845. The minimum Gasteiger partial charge on any atom is -0.186 e. The summed E-state index contributed by atoms with van der Waals surface area (Å²) >= 11 is 0. The highest BCUT2D eigenvalue weighted by atomic mass is 35.5. The third-order valence-corrected chi connectivity index (χ3v) is 1.73. The standard InChI is InChI=1S/C9H8NO2.ClH/c11-10-7-3-5-8-4-1-2-6-9(8)12-10;/h1-4,6-7H,5H2;1H/q+1;. The summed E-state index contributed by atoms with van der Waals surface area (Å²) in [5, 5.41) is 0. The molecule has 0 atom stereocenters. The van der Waals surface area contributed by atoms with Crippen LogP contribution in [-0.4, -0.2) is 4.92 Å². The quantitative estimate of drug-likeness (QED) is 0.640. The van der Waals surface area contributed by atoms with Gasteiger partial charge in [-0.25, -0.2) is 0 Å². The number of fused-ring (bicyclic) bond motifs is 1. The van der Waals surface area contributed by atoms with E-state index in [1.54, 1.807) is 12.1 Å². The molecular formula is C9H9ClNO2+. The largest absolute Gasteiger partial charge is 0.278 e. The zero-order chi connectivity index (χ0) is 8.39. The number of benzene rings is 1. The smallest absolute Gasteiger partial charge is 0.186 e. The van der Waals surface area contributed by atoms with E-state index in [1.807, 2.05) is 18.2 Å². The molecule has 68 valence electrons. The van der Waals surface area contributed by atoms with Crippen molar-refractivity contribution in [1.82, 2.24) is 0 Å². The van der Waals surface area contributed by atoms with Gasteiger partial charge in [0.15, 0.2) is 0 Å². The van der Waals surface area contributed by atoms with Crippen LogP contribution < -0.4 is 4.84 Å². The number of nitrogens with zero attached hydrogens (tertiary/aromatic N) is 1. The zero-order valence-corrected chi connectivity index (χ0v) is 7.66. The summed E-state index contributed by atoms with van der Waals surface area (Å²) in [6.45, 7) is 0. The summed E-state index contributed by atoms with van der Waals surface area (Å²) in [5.41, 5.74) is 1.03. The van der Waals surface area contributed by atoms with Crippen LogP contribution in [0.1, 0.15) is 5.56 Å². The molecule has 0 saturated carbocycles. The topological polar surface area (TPSA) is 29.3 Å². The third kappa shape index (κ3) is 2.06. The van der Waals surface area contributed by atoms with Crippen molar-refractivity contribution in [2.75, 3.05) is 0 Å². The first-order valence-electron chi connectivity index (χ1n) is 3.75. The molecule has 0 spiro atoms. The van der Waals surface area contributed by atoms with Crippen molar-refractivity contribution >= 4 is 12.4 Å². The zero-order valence-electron chi connectivity index (χ0n) is 6.84. The van der Waals surface area contributed by atoms with Crippen LogP contribution in [0.4, 0.5) is 0 Å². The molecule has 1 aliphatic heterocycles. The SMILES string of the molecule is Cl.O=[N+]1C=CCc2ccccc2O1. The molecule has 3 nitrogen and oxygen atoms in total. The molecule has 0 bridgehead atoms. The van der Waals surface area contributed by atoms with Crippen LogP contribution in [0.15, 0.2) is 36.5 Å². The van der Waals surface area contributed by atoms with Crippen LogP contribution in [0.25, 0.3) is 0 Å². The summed E-state index contributed by atoms with van der Waals surface area (Å²) in [6, 6.07) is 7.50. The highest BCUT2D eigenvalue weighted by Gasteiger charge is 2.14.